The number of amides is 1. The molecule has 6 heteroatoms. The van der Waals surface area contributed by atoms with E-state index in [4.69, 9.17) is 11.6 Å². The van der Waals surface area contributed by atoms with Crippen molar-refractivity contribution in [3.05, 3.63) is 45.4 Å². The summed E-state index contributed by atoms with van der Waals surface area (Å²) in [5, 5.41) is 3.30. The molecule has 21 heavy (non-hydrogen) atoms. The summed E-state index contributed by atoms with van der Waals surface area (Å²) < 4.78 is 0.546. The van der Waals surface area contributed by atoms with Crippen LogP contribution in [0.3, 0.4) is 0 Å². The fraction of sp³-hybridized carbons (Fsp3) is 0.333. The van der Waals surface area contributed by atoms with E-state index in [2.05, 4.69) is 10.3 Å². The number of carbonyl (C=O) groups is 1. The van der Waals surface area contributed by atoms with Gasteiger partial charge in [0.05, 0.1) is 6.54 Å². The van der Waals surface area contributed by atoms with Crippen LogP contribution in [0.1, 0.15) is 28.1 Å². The number of benzene rings is 1. The fourth-order valence-corrected chi connectivity index (χ4v) is 3.34. The van der Waals surface area contributed by atoms with E-state index in [1.165, 1.54) is 11.3 Å². The van der Waals surface area contributed by atoms with Crippen molar-refractivity contribution in [2.24, 2.45) is 0 Å². The molecule has 1 fully saturated rings. The first-order valence-electron chi connectivity index (χ1n) is 6.96. The number of hydrogen-bond acceptors (Lipinski definition) is 4. The van der Waals surface area contributed by atoms with Crippen LogP contribution in [0.25, 0.3) is 0 Å². The summed E-state index contributed by atoms with van der Waals surface area (Å²) in [7, 11) is 0. The molecule has 4 nitrogen and oxygen atoms in total. The average Bonchev–Trinajstić information content (AvgIpc) is 3.16. The Morgan fingerprint density at radius 2 is 2.19 bits per heavy atom. The molecule has 0 radical (unpaired) electrons. The molecule has 0 unspecified atom stereocenters. The van der Waals surface area contributed by atoms with Gasteiger partial charge in [0.25, 0.3) is 5.91 Å². The van der Waals surface area contributed by atoms with Gasteiger partial charge >= 0.3 is 0 Å². The van der Waals surface area contributed by atoms with E-state index < -0.39 is 0 Å². The highest BCUT2D eigenvalue weighted by atomic mass is 35.5. The van der Waals surface area contributed by atoms with E-state index >= 15 is 0 Å². The predicted molar refractivity (Wildman–Crippen MR) is 86.0 cm³/mol. The van der Waals surface area contributed by atoms with Crippen molar-refractivity contribution in [3.8, 4) is 0 Å². The van der Waals surface area contributed by atoms with Gasteiger partial charge in [-0.05, 0) is 31.0 Å². The Morgan fingerprint density at radius 1 is 1.38 bits per heavy atom. The predicted octanol–water partition coefficient (Wildman–Crippen LogP) is 3.64. The van der Waals surface area contributed by atoms with Gasteiger partial charge in [-0.25, -0.2) is 4.98 Å². The molecule has 1 aliphatic rings. The fourth-order valence-electron chi connectivity index (χ4n) is 2.42. The number of rotatable bonds is 4. The lowest BCUT2D eigenvalue weighted by Gasteiger charge is -2.15. The van der Waals surface area contributed by atoms with Crippen molar-refractivity contribution >= 4 is 34.5 Å². The number of thiazole rings is 1. The second kappa shape index (κ2) is 6.45. The summed E-state index contributed by atoms with van der Waals surface area (Å²) in [6.07, 6.45) is 3.98. The van der Waals surface area contributed by atoms with Crippen molar-refractivity contribution in [2.75, 3.05) is 18.4 Å². The molecule has 110 valence electrons. The molecule has 1 aromatic carbocycles. The maximum Gasteiger partial charge on any atom is 0.253 e. The van der Waals surface area contributed by atoms with Gasteiger partial charge < -0.3 is 10.2 Å². The standard InChI is InChI=1S/C15H16ClN3OS/c16-15-18-10-13(21-15)9-17-12-5-3-4-11(8-12)14(20)19-6-1-2-7-19/h3-5,8,10,17H,1-2,6-7,9H2. The van der Waals surface area contributed by atoms with Crippen molar-refractivity contribution in [1.82, 2.24) is 9.88 Å². The summed E-state index contributed by atoms with van der Waals surface area (Å²) in [6.45, 7) is 2.40. The third-order valence-corrected chi connectivity index (χ3v) is 4.61. The van der Waals surface area contributed by atoms with Crippen LogP contribution in [0, 0.1) is 0 Å². The van der Waals surface area contributed by atoms with Crippen molar-refractivity contribution in [3.63, 3.8) is 0 Å². The quantitative estimate of drug-likeness (QED) is 0.935. The van der Waals surface area contributed by atoms with Gasteiger partial charge in [0.1, 0.15) is 0 Å². The molecule has 0 atom stereocenters. The first-order chi connectivity index (χ1) is 10.2. The van der Waals surface area contributed by atoms with E-state index in [1.807, 2.05) is 29.2 Å². The van der Waals surface area contributed by atoms with Gasteiger partial charge in [0, 0.05) is 35.4 Å². The SMILES string of the molecule is O=C(c1cccc(NCc2cnc(Cl)s2)c1)N1CCCC1. The first-order valence-corrected chi connectivity index (χ1v) is 8.15. The zero-order chi connectivity index (χ0) is 14.7. The number of nitrogens with zero attached hydrogens (tertiary/aromatic N) is 2. The molecular formula is C15H16ClN3OS. The number of nitrogens with one attached hydrogen (secondary N) is 1. The molecule has 1 N–H and O–H groups in total. The summed E-state index contributed by atoms with van der Waals surface area (Å²) >= 11 is 7.27. The Morgan fingerprint density at radius 3 is 2.90 bits per heavy atom. The Balaban J connectivity index is 1.66. The van der Waals surface area contributed by atoms with Crippen LogP contribution < -0.4 is 5.32 Å². The largest absolute Gasteiger partial charge is 0.380 e. The number of anilines is 1. The number of hydrogen-bond donors (Lipinski definition) is 1. The monoisotopic (exact) mass is 321 g/mol. The van der Waals surface area contributed by atoms with Crippen LogP contribution in [0.5, 0.6) is 0 Å². The van der Waals surface area contributed by atoms with Crippen molar-refractivity contribution < 1.29 is 4.79 Å². The molecule has 0 saturated carbocycles. The Labute approximate surface area is 132 Å². The highest BCUT2D eigenvalue weighted by molar-refractivity contribution is 7.15. The Bertz CT molecular complexity index is 637. The summed E-state index contributed by atoms with van der Waals surface area (Å²) in [4.78, 5) is 19.3. The third-order valence-electron chi connectivity index (χ3n) is 3.49. The van der Waals surface area contributed by atoms with Gasteiger partial charge in [0.15, 0.2) is 4.47 Å². The lowest BCUT2D eigenvalue weighted by Crippen LogP contribution is -2.27. The van der Waals surface area contributed by atoms with Crippen LogP contribution >= 0.6 is 22.9 Å². The van der Waals surface area contributed by atoms with Crippen LogP contribution in [-0.2, 0) is 6.54 Å². The minimum atomic E-state index is 0.122. The van der Waals surface area contributed by atoms with Gasteiger partial charge in [-0.2, -0.15) is 0 Å². The first kappa shape index (κ1) is 14.4. The van der Waals surface area contributed by atoms with Crippen LogP contribution in [0.15, 0.2) is 30.5 Å². The molecule has 0 spiro atoms. The second-order valence-electron chi connectivity index (χ2n) is 5.01. The highest BCUT2D eigenvalue weighted by Crippen LogP contribution is 2.20. The number of likely N-dealkylation sites (tertiary alicyclic amines) is 1. The summed E-state index contributed by atoms with van der Waals surface area (Å²) in [6, 6.07) is 7.65. The van der Waals surface area contributed by atoms with Gasteiger partial charge in [-0.3, -0.25) is 4.79 Å². The minimum Gasteiger partial charge on any atom is -0.380 e. The Kier molecular flexibility index (Phi) is 4.41. The van der Waals surface area contributed by atoms with Crippen molar-refractivity contribution in [1.29, 1.82) is 0 Å². The number of aromatic nitrogens is 1. The smallest absolute Gasteiger partial charge is 0.253 e. The number of halogens is 1. The van der Waals surface area contributed by atoms with Crippen LogP contribution in [0.2, 0.25) is 4.47 Å². The zero-order valence-electron chi connectivity index (χ0n) is 11.5. The van der Waals surface area contributed by atoms with E-state index in [1.54, 1.807) is 6.20 Å². The topological polar surface area (TPSA) is 45.2 Å². The second-order valence-corrected chi connectivity index (χ2v) is 6.71. The molecule has 3 rings (SSSR count). The van der Waals surface area contributed by atoms with E-state index in [0.717, 1.165) is 42.1 Å². The normalized spacial score (nSPS) is 14.4. The molecule has 1 aliphatic heterocycles. The van der Waals surface area contributed by atoms with Crippen LogP contribution in [-0.4, -0.2) is 28.9 Å². The maximum absolute atomic E-state index is 12.3. The van der Waals surface area contributed by atoms with Gasteiger partial charge in [-0.15, -0.1) is 11.3 Å². The van der Waals surface area contributed by atoms with Crippen LogP contribution in [0.4, 0.5) is 5.69 Å². The summed E-state index contributed by atoms with van der Waals surface area (Å²) in [5.41, 5.74) is 1.67. The molecule has 1 amide bonds. The summed E-state index contributed by atoms with van der Waals surface area (Å²) in [5.74, 6) is 0.122. The maximum atomic E-state index is 12.3. The highest BCUT2D eigenvalue weighted by Gasteiger charge is 2.19. The van der Waals surface area contributed by atoms with E-state index in [0.29, 0.717) is 11.0 Å². The lowest BCUT2D eigenvalue weighted by molar-refractivity contribution is 0.0793. The Hall–Kier alpha value is -1.59. The van der Waals surface area contributed by atoms with Gasteiger partial charge in [-0.1, -0.05) is 17.7 Å². The lowest BCUT2D eigenvalue weighted by atomic mass is 10.1. The molecule has 0 bridgehead atoms. The van der Waals surface area contributed by atoms with Crippen molar-refractivity contribution in [2.45, 2.75) is 19.4 Å². The molecule has 0 aliphatic carbocycles. The molecule has 2 aromatic rings. The minimum absolute atomic E-state index is 0.122. The molecular weight excluding hydrogens is 306 g/mol. The third kappa shape index (κ3) is 3.54. The van der Waals surface area contributed by atoms with E-state index in [9.17, 15) is 4.79 Å². The zero-order valence-corrected chi connectivity index (χ0v) is 13.1. The molecule has 2 heterocycles. The molecule has 1 aromatic heterocycles. The molecule has 1 saturated heterocycles. The van der Waals surface area contributed by atoms with Gasteiger partial charge in [0.2, 0.25) is 0 Å². The number of carbonyl (C=O) groups excluding carboxylic acids is 1. The average molecular weight is 322 g/mol. The van der Waals surface area contributed by atoms with E-state index in [-0.39, 0.29) is 5.91 Å².